The number of methoxy groups -OCH3 is 1. The third-order valence-electron chi connectivity index (χ3n) is 8.12. The van der Waals surface area contributed by atoms with Crippen molar-refractivity contribution in [3.8, 4) is 5.75 Å². The van der Waals surface area contributed by atoms with Crippen LogP contribution in [0.5, 0.6) is 5.75 Å². The molecule has 1 aromatic carbocycles. The molecule has 1 atom stereocenters. The second-order valence-corrected chi connectivity index (χ2v) is 10.9. The first kappa shape index (κ1) is 24.1. The SMILES string of the molecule is COc1cc([C@H](C)NC(=O)c2cnc3c(C4CC4)nc(C)cc3c2N2CCNC3(CC2)CC3)ccc1F. The van der Waals surface area contributed by atoms with E-state index in [-0.39, 0.29) is 23.2 Å². The zero-order valence-corrected chi connectivity index (χ0v) is 21.7. The number of hydrogen-bond donors (Lipinski definition) is 2. The molecule has 1 spiro atoms. The molecule has 1 amide bonds. The van der Waals surface area contributed by atoms with Gasteiger partial charge in [-0.3, -0.25) is 14.8 Å². The third-order valence-corrected chi connectivity index (χ3v) is 8.12. The lowest BCUT2D eigenvalue weighted by Gasteiger charge is -2.27. The molecule has 0 radical (unpaired) electrons. The number of anilines is 1. The second kappa shape index (κ2) is 9.24. The quantitative estimate of drug-likeness (QED) is 0.504. The smallest absolute Gasteiger partial charge is 0.255 e. The minimum atomic E-state index is -0.426. The van der Waals surface area contributed by atoms with E-state index in [1.165, 1.54) is 26.0 Å². The maximum atomic E-state index is 14.0. The van der Waals surface area contributed by atoms with E-state index >= 15 is 0 Å². The Morgan fingerprint density at radius 2 is 2.05 bits per heavy atom. The Morgan fingerprint density at radius 1 is 1.24 bits per heavy atom. The van der Waals surface area contributed by atoms with Crippen molar-refractivity contribution in [3.05, 3.63) is 58.8 Å². The predicted octanol–water partition coefficient (Wildman–Crippen LogP) is 4.79. The fraction of sp³-hybridized carbons (Fsp3) is 0.483. The van der Waals surface area contributed by atoms with Crippen molar-refractivity contribution in [2.45, 2.75) is 63.5 Å². The van der Waals surface area contributed by atoms with Crippen LogP contribution in [0.15, 0.2) is 30.5 Å². The van der Waals surface area contributed by atoms with E-state index in [1.54, 1.807) is 18.3 Å². The van der Waals surface area contributed by atoms with Crippen LogP contribution in [0.25, 0.3) is 10.9 Å². The number of rotatable bonds is 6. The van der Waals surface area contributed by atoms with Gasteiger partial charge in [-0.15, -0.1) is 0 Å². The topological polar surface area (TPSA) is 79.4 Å². The number of benzene rings is 1. The summed E-state index contributed by atoms with van der Waals surface area (Å²) >= 11 is 0. The normalized spacial score (nSPS) is 19.5. The first-order chi connectivity index (χ1) is 17.9. The van der Waals surface area contributed by atoms with Gasteiger partial charge < -0.3 is 20.3 Å². The monoisotopic (exact) mass is 503 g/mol. The van der Waals surface area contributed by atoms with Crippen molar-refractivity contribution in [1.82, 2.24) is 20.6 Å². The molecule has 2 aromatic heterocycles. The Bertz CT molecular complexity index is 1370. The van der Waals surface area contributed by atoms with Crippen LogP contribution in [0.2, 0.25) is 0 Å². The number of hydrogen-bond acceptors (Lipinski definition) is 6. The Kier molecular flexibility index (Phi) is 6.02. The molecule has 37 heavy (non-hydrogen) atoms. The first-order valence-corrected chi connectivity index (χ1v) is 13.3. The van der Waals surface area contributed by atoms with Gasteiger partial charge in [0.2, 0.25) is 0 Å². The Labute approximate surface area is 216 Å². The average Bonchev–Trinajstić information content (AvgIpc) is 3.81. The summed E-state index contributed by atoms with van der Waals surface area (Å²) in [7, 11) is 1.44. The molecule has 1 aliphatic heterocycles. The Hall–Kier alpha value is -3.26. The van der Waals surface area contributed by atoms with Crippen molar-refractivity contribution in [3.63, 3.8) is 0 Å². The molecule has 194 valence electrons. The van der Waals surface area contributed by atoms with Gasteiger partial charge in [0.05, 0.1) is 35.6 Å². The summed E-state index contributed by atoms with van der Waals surface area (Å²) in [5.41, 5.74) is 5.47. The number of aryl methyl sites for hydroxylation is 1. The van der Waals surface area contributed by atoms with E-state index in [9.17, 15) is 9.18 Å². The van der Waals surface area contributed by atoms with E-state index in [1.807, 2.05) is 13.8 Å². The van der Waals surface area contributed by atoms with Crippen LogP contribution in [0, 0.1) is 12.7 Å². The molecule has 7 nitrogen and oxygen atoms in total. The molecule has 6 rings (SSSR count). The van der Waals surface area contributed by atoms with Gasteiger partial charge in [-0.2, -0.15) is 0 Å². The summed E-state index contributed by atoms with van der Waals surface area (Å²) in [4.78, 5) is 25.8. The molecule has 2 saturated carbocycles. The number of halogens is 1. The van der Waals surface area contributed by atoms with Crippen LogP contribution in [-0.4, -0.2) is 48.2 Å². The zero-order valence-electron chi connectivity index (χ0n) is 21.7. The van der Waals surface area contributed by atoms with Crippen molar-refractivity contribution < 1.29 is 13.9 Å². The van der Waals surface area contributed by atoms with Crippen molar-refractivity contribution in [1.29, 1.82) is 0 Å². The van der Waals surface area contributed by atoms with Gasteiger partial charge in [0.15, 0.2) is 11.6 Å². The molecule has 1 saturated heterocycles. The number of carbonyl (C=O) groups excluding carboxylic acids is 1. The molecule has 0 unspecified atom stereocenters. The van der Waals surface area contributed by atoms with Gasteiger partial charge >= 0.3 is 0 Å². The highest BCUT2D eigenvalue weighted by Gasteiger charge is 2.43. The van der Waals surface area contributed by atoms with E-state index in [2.05, 4.69) is 21.6 Å². The number of ether oxygens (including phenoxy) is 1. The van der Waals surface area contributed by atoms with Crippen LogP contribution in [0.1, 0.15) is 78.3 Å². The molecule has 0 bridgehead atoms. The van der Waals surface area contributed by atoms with E-state index in [4.69, 9.17) is 14.7 Å². The molecule has 3 aromatic rings. The number of fused-ring (bicyclic) bond motifs is 1. The highest BCUT2D eigenvalue weighted by Crippen LogP contribution is 2.44. The summed E-state index contributed by atoms with van der Waals surface area (Å²) in [5.74, 6) is -0.00447. The Morgan fingerprint density at radius 3 is 2.78 bits per heavy atom. The van der Waals surface area contributed by atoms with Crippen molar-refractivity contribution in [2.24, 2.45) is 0 Å². The first-order valence-electron chi connectivity index (χ1n) is 13.3. The summed E-state index contributed by atoms with van der Waals surface area (Å²) in [6.07, 6.45) is 7.50. The largest absolute Gasteiger partial charge is 0.494 e. The van der Waals surface area contributed by atoms with Crippen LogP contribution >= 0.6 is 0 Å². The number of nitrogens with one attached hydrogen (secondary N) is 2. The third kappa shape index (κ3) is 4.63. The van der Waals surface area contributed by atoms with Crippen LogP contribution < -0.4 is 20.3 Å². The average molecular weight is 504 g/mol. The van der Waals surface area contributed by atoms with E-state index < -0.39 is 5.82 Å². The van der Waals surface area contributed by atoms with Crippen LogP contribution in [-0.2, 0) is 0 Å². The molecule has 8 heteroatoms. The molecular formula is C29H34FN5O2. The summed E-state index contributed by atoms with van der Waals surface area (Å²) in [5, 5.41) is 7.86. The van der Waals surface area contributed by atoms with E-state index in [0.29, 0.717) is 11.5 Å². The van der Waals surface area contributed by atoms with Crippen molar-refractivity contribution >= 4 is 22.5 Å². The van der Waals surface area contributed by atoms with Gasteiger partial charge in [0.25, 0.3) is 5.91 Å². The number of aromatic nitrogens is 2. The molecule has 2 N–H and O–H groups in total. The van der Waals surface area contributed by atoms with Crippen LogP contribution in [0.3, 0.4) is 0 Å². The van der Waals surface area contributed by atoms with E-state index in [0.717, 1.165) is 72.4 Å². The standard InChI is InChI=1S/C29H34FN5O2/c1-17-14-21-26(25(33-17)19-4-5-19)31-16-22(27(21)35-12-10-29(8-9-29)32-11-13-35)28(36)34-18(2)20-6-7-23(30)24(15-20)37-3/h6-7,14-16,18-19,32H,4-5,8-13H2,1-3H3,(H,34,36)/t18-/m0/s1. The van der Waals surface area contributed by atoms with Gasteiger partial charge in [-0.25, -0.2) is 4.39 Å². The van der Waals surface area contributed by atoms with Crippen molar-refractivity contribution in [2.75, 3.05) is 31.6 Å². The lowest BCUT2D eigenvalue weighted by molar-refractivity contribution is 0.0940. The van der Waals surface area contributed by atoms with Crippen LogP contribution in [0.4, 0.5) is 10.1 Å². The fourth-order valence-corrected chi connectivity index (χ4v) is 5.60. The molecule has 3 aliphatic rings. The summed E-state index contributed by atoms with van der Waals surface area (Å²) < 4.78 is 19.1. The van der Waals surface area contributed by atoms with Gasteiger partial charge in [-0.05, 0) is 69.7 Å². The molecular weight excluding hydrogens is 469 g/mol. The lowest BCUT2D eigenvalue weighted by atomic mass is 10.0. The molecule has 3 fully saturated rings. The summed E-state index contributed by atoms with van der Waals surface area (Å²) in [6.45, 7) is 6.51. The van der Waals surface area contributed by atoms with Gasteiger partial charge in [0, 0.05) is 48.4 Å². The maximum Gasteiger partial charge on any atom is 0.255 e. The van der Waals surface area contributed by atoms with Gasteiger partial charge in [-0.1, -0.05) is 6.07 Å². The number of carbonyl (C=O) groups is 1. The minimum Gasteiger partial charge on any atom is -0.494 e. The zero-order chi connectivity index (χ0) is 25.7. The Balaban J connectivity index is 1.39. The predicted molar refractivity (Wildman–Crippen MR) is 142 cm³/mol. The summed E-state index contributed by atoms with van der Waals surface area (Å²) in [6, 6.07) is 6.42. The fourth-order valence-electron chi connectivity index (χ4n) is 5.60. The minimum absolute atomic E-state index is 0.160. The maximum absolute atomic E-state index is 14.0. The molecule has 2 aliphatic carbocycles. The number of amides is 1. The second-order valence-electron chi connectivity index (χ2n) is 10.9. The lowest BCUT2D eigenvalue weighted by Crippen LogP contribution is -2.33. The molecule has 3 heterocycles. The highest BCUT2D eigenvalue weighted by molar-refractivity contribution is 6.08. The highest BCUT2D eigenvalue weighted by atomic mass is 19.1. The van der Waals surface area contributed by atoms with Gasteiger partial charge in [0.1, 0.15) is 0 Å². The number of nitrogens with zero attached hydrogens (tertiary/aromatic N) is 3. The number of pyridine rings is 2.